The van der Waals surface area contributed by atoms with Crippen molar-refractivity contribution in [3.05, 3.63) is 33.8 Å². The Balaban J connectivity index is 2.30. The van der Waals surface area contributed by atoms with Crippen LogP contribution in [-0.4, -0.2) is 24.0 Å². The van der Waals surface area contributed by atoms with E-state index in [9.17, 15) is 0 Å². The van der Waals surface area contributed by atoms with Crippen molar-refractivity contribution in [1.29, 1.82) is 0 Å². The fourth-order valence-electron chi connectivity index (χ4n) is 2.94. The molecule has 0 aromatic heterocycles. The van der Waals surface area contributed by atoms with Crippen LogP contribution in [0.2, 0.25) is 10.0 Å². The Kier molecular flexibility index (Phi) is 5.13. The Bertz CT molecular complexity index is 434. The monoisotopic (exact) mass is 300 g/mol. The lowest BCUT2D eigenvalue weighted by Crippen LogP contribution is -2.47. The first-order chi connectivity index (χ1) is 8.99. The van der Waals surface area contributed by atoms with E-state index in [1.165, 1.54) is 0 Å². The zero-order chi connectivity index (χ0) is 14.0. The summed E-state index contributed by atoms with van der Waals surface area (Å²) in [4.78, 5) is 2.47. The zero-order valence-corrected chi connectivity index (χ0v) is 13.1. The minimum Gasteiger partial charge on any atom is -0.326 e. The third-order valence-electron chi connectivity index (χ3n) is 3.66. The number of benzene rings is 1. The molecule has 0 bridgehead atoms. The molecule has 0 saturated carbocycles. The maximum atomic E-state index is 6.36. The number of halogens is 2. The van der Waals surface area contributed by atoms with Crippen LogP contribution in [0.3, 0.4) is 0 Å². The van der Waals surface area contributed by atoms with Gasteiger partial charge in [0.05, 0.1) is 6.04 Å². The van der Waals surface area contributed by atoms with Gasteiger partial charge >= 0.3 is 0 Å². The first-order valence-corrected chi connectivity index (χ1v) is 7.69. The number of hydrogen-bond donors (Lipinski definition) is 1. The molecule has 2 atom stereocenters. The summed E-state index contributed by atoms with van der Waals surface area (Å²) < 4.78 is 0. The number of rotatable bonds is 3. The highest BCUT2D eigenvalue weighted by molar-refractivity contribution is 6.35. The van der Waals surface area contributed by atoms with Gasteiger partial charge < -0.3 is 5.73 Å². The number of nitrogens with two attached hydrogens (primary N) is 1. The summed E-state index contributed by atoms with van der Waals surface area (Å²) in [5.41, 5.74) is 7.46. The molecule has 0 amide bonds. The van der Waals surface area contributed by atoms with Crippen LogP contribution >= 0.6 is 23.2 Å². The van der Waals surface area contributed by atoms with Gasteiger partial charge in [0.25, 0.3) is 0 Å². The van der Waals surface area contributed by atoms with Gasteiger partial charge in [0, 0.05) is 22.6 Å². The number of hydrogen-bond acceptors (Lipinski definition) is 2. The third-order valence-corrected chi connectivity index (χ3v) is 4.22. The smallest absolute Gasteiger partial charge is 0.0514 e. The quantitative estimate of drug-likeness (QED) is 0.910. The predicted octanol–water partition coefficient (Wildman–Crippen LogP) is 4.11. The molecule has 1 heterocycles. The van der Waals surface area contributed by atoms with Crippen LogP contribution in [0.4, 0.5) is 0 Å². The molecule has 2 N–H and O–H groups in total. The van der Waals surface area contributed by atoms with Crippen LogP contribution in [0.15, 0.2) is 18.2 Å². The lowest BCUT2D eigenvalue weighted by atomic mass is 9.90. The first kappa shape index (κ1) is 15.1. The van der Waals surface area contributed by atoms with Crippen molar-refractivity contribution < 1.29 is 0 Å². The molecule has 2 nitrogen and oxygen atoms in total. The van der Waals surface area contributed by atoms with E-state index in [2.05, 4.69) is 18.7 Å². The molecule has 1 aliphatic rings. The molecule has 19 heavy (non-hydrogen) atoms. The largest absolute Gasteiger partial charge is 0.326 e. The second-order valence-electron chi connectivity index (χ2n) is 5.81. The summed E-state index contributed by atoms with van der Waals surface area (Å²) in [6.07, 6.45) is 2.22. The van der Waals surface area contributed by atoms with Gasteiger partial charge in [-0.2, -0.15) is 0 Å². The van der Waals surface area contributed by atoms with Crippen molar-refractivity contribution in [1.82, 2.24) is 4.90 Å². The molecule has 0 spiro atoms. The first-order valence-electron chi connectivity index (χ1n) is 6.93. The number of nitrogens with zero attached hydrogens (tertiary/aromatic N) is 1. The van der Waals surface area contributed by atoms with Crippen molar-refractivity contribution in [3.8, 4) is 0 Å². The summed E-state index contributed by atoms with van der Waals surface area (Å²) in [6.45, 7) is 6.62. The molecule has 1 saturated heterocycles. The Hall–Kier alpha value is -0.280. The average molecular weight is 301 g/mol. The highest BCUT2D eigenvalue weighted by Gasteiger charge is 2.31. The minimum absolute atomic E-state index is 0.145. The lowest BCUT2D eigenvalue weighted by Gasteiger charge is -2.41. The summed E-state index contributed by atoms with van der Waals surface area (Å²) in [7, 11) is 0. The van der Waals surface area contributed by atoms with Crippen molar-refractivity contribution in [3.63, 3.8) is 0 Å². The van der Waals surface area contributed by atoms with Crippen LogP contribution in [0.5, 0.6) is 0 Å². The van der Waals surface area contributed by atoms with E-state index in [0.29, 0.717) is 10.9 Å². The fraction of sp³-hybridized carbons (Fsp3) is 0.600. The zero-order valence-electron chi connectivity index (χ0n) is 11.6. The predicted molar refractivity (Wildman–Crippen MR) is 82.8 cm³/mol. The van der Waals surface area contributed by atoms with E-state index in [0.717, 1.165) is 36.5 Å². The van der Waals surface area contributed by atoms with Crippen molar-refractivity contribution in [2.45, 2.75) is 38.8 Å². The second kappa shape index (κ2) is 6.45. The van der Waals surface area contributed by atoms with Gasteiger partial charge in [-0.05, 0) is 43.0 Å². The van der Waals surface area contributed by atoms with Gasteiger partial charge in [0.1, 0.15) is 0 Å². The Morgan fingerprint density at radius 1 is 1.37 bits per heavy atom. The molecular weight excluding hydrogens is 279 g/mol. The highest BCUT2D eigenvalue weighted by atomic mass is 35.5. The van der Waals surface area contributed by atoms with Crippen LogP contribution in [0.1, 0.15) is 38.3 Å². The molecule has 0 radical (unpaired) electrons. The molecule has 1 aromatic carbocycles. The van der Waals surface area contributed by atoms with E-state index in [1.54, 1.807) is 0 Å². The van der Waals surface area contributed by atoms with Gasteiger partial charge in [-0.25, -0.2) is 0 Å². The lowest BCUT2D eigenvalue weighted by molar-refractivity contribution is 0.114. The molecule has 1 aromatic rings. The third kappa shape index (κ3) is 3.63. The fourth-order valence-corrected chi connectivity index (χ4v) is 3.46. The van der Waals surface area contributed by atoms with Crippen molar-refractivity contribution in [2.75, 3.05) is 13.1 Å². The van der Waals surface area contributed by atoms with Crippen LogP contribution in [0.25, 0.3) is 0 Å². The second-order valence-corrected chi connectivity index (χ2v) is 6.65. The molecule has 0 aliphatic carbocycles. The molecule has 2 rings (SSSR count). The number of likely N-dealkylation sites (tertiary alicyclic amines) is 1. The summed E-state index contributed by atoms with van der Waals surface area (Å²) in [5, 5.41) is 1.40. The molecule has 1 fully saturated rings. The van der Waals surface area contributed by atoms with E-state index in [-0.39, 0.29) is 12.1 Å². The summed E-state index contributed by atoms with van der Waals surface area (Å²) in [5.74, 6) is 0.624. The van der Waals surface area contributed by atoms with Gasteiger partial charge in [-0.3, -0.25) is 4.90 Å². The topological polar surface area (TPSA) is 29.3 Å². The van der Waals surface area contributed by atoms with Crippen molar-refractivity contribution in [2.24, 2.45) is 11.7 Å². The van der Waals surface area contributed by atoms with Crippen molar-refractivity contribution >= 4 is 23.2 Å². The standard InChI is InChI=1S/C15H22Cl2N2/c1-10(2)9-19-7-3-4-14(18)15(19)12-6-5-11(16)8-13(12)17/h5-6,8,10,14-15H,3-4,7,9,18H2,1-2H3. The van der Waals surface area contributed by atoms with E-state index < -0.39 is 0 Å². The Morgan fingerprint density at radius 2 is 2.11 bits per heavy atom. The highest BCUT2D eigenvalue weighted by Crippen LogP contribution is 2.35. The van der Waals surface area contributed by atoms with Crippen LogP contribution in [0, 0.1) is 5.92 Å². The minimum atomic E-state index is 0.145. The molecular formula is C15H22Cl2N2. The molecule has 2 unspecified atom stereocenters. The van der Waals surface area contributed by atoms with E-state index >= 15 is 0 Å². The maximum Gasteiger partial charge on any atom is 0.0514 e. The van der Waals surface area contributed by atoms with E-state index in [4.69, 9.17) is 28.9 Å². The van der Waals surface area contributed by atoms with Gasteiger partial charge in [-0.15, -0.1) is 0 Å². The average Bonchev–Trinajstić information content (AvgIpc) is 2.30. The van der Waals surface area contributed by atoms with E-state index in [1.807, 2.05) is 18.2 Å². The van der Waals surface area contributed by atoms with Crippen LogP contribution in [-0.2, 0) is 0 Å². The number of piperidine rings is 1. The summed E-state index contributed by atoms with van der Waals surface area (Å²) in [6, 6.07) is 6.09. The maximum absolute atomic E-state index is 6.36. The molecule has 4 heteroatoms. The normalized spacial score (nSPS) is 24.9. The Morgan fingerprint density at radius 3 is 2.74 bits per heavy atom. The van der Waals surface area contributed by atoms with Gasteiger partial charge in [0.2, 0.25) is 0 Å². The SMILES string of the molecule is CC(C)CN1CCCC(N)C1c1ccc(Cl)cc1Cl. The molecule has 1 aliphatic heterocycles. The van der Waals surface area contributed by atoms with Gasteiger partial charge in [0.15, 0.2) is 0 Å². The summed E-state index contributed by atoms with van der Waals surface area (Å²) >= 11 is 12.3. The van der Waals surface area contributed by atoms with Crippen LogP contribution < -0.4 is 5.73 Å². The Labute approximate surface area is 125 Å². The van der Waals surface area contributed by atoms with Gasteiger partial charge in [-0.1, -0.05) is 43.1 Å². The molecule has 106 valence electrons.